The summed E-state index contributed by atoms with van der Waals surface area (Å²) in [4.78, 5) is 30.4. The Hall–Kier alpha value is -3.85. The number of pyridine rings is 1. The molecule has 1 aromatic heterocycles. The van der Waals surface area contributed by atoms with Gasteiger partial charge in [-0.3, -0.25) is 24.8 Å². The molecule has 2 N–H and O–H groups in total. The number of phenolic OH excluding ortho intramolecular Hbond substituents is 1. The molecule has 4 rings (SSSR count). The average Bonchev–Trinajstić information content (AvgIpc) is 2.85. The maximum absolute atomic E-state index is 13.9. The maximum Gasteiger partial charge on any atom is 0.311 e. The van der Waals surface area contributed by atoms with Gasteiger partial charge in [0, 0.05) is 36.3 Å². The van der Waals surface area contributed by atoms with Crippen molar-refractivity contribution in [3.8, 4) is 5.75 Å². The Morgan fingerprint density at radius 3 is 2.66 bits per heavy atom. The highest BCUT2D eigenvalue weighted by molar-refractivity contribution is 5.95. The molecule has 182 valence electrons. The monoisotopic (exact) mass is 478 g/mol. The van der Waals surface area contributed by atoms with Crippen molar-refractivity contribution in [1.82, 2.24) is 15.2 Å². The number of hydrogen-bond acceptors (Lipinski definition) is 6. The van der Waals surface area contributed by atoms with Gasteiger partial charge < -0.3 is 10.4 Å². The van der Waals surface area contributed by atoms with Crippen molar-refractivity contribution >= 4 is 11.6 Å². The van der Waals surface area contributed by atoms with Gasteiger partial charge in [-0.2, -0.15) is 0 Å². The molecule has 1 aliphatic heterocycles. The smallest absolute Gasteiger partial charge is 0.311 e. The molecule has 8 nitrogen and oxygen atoms in total. The summed E-state index contributed by atoms with van der Waals surface area (Å²) in [5, 5.41) is 23.6. The summed E-state index contributed by atoms with van der Waals surface area (Å²) in [5.74, 6) is -0.894. The average molecular weight is 479 g/mol. The Balaban J connectivity index is 1.42. The van der Waals surface area contributed by atoms with Gasteiger partial charge in [0.05, 0.1) is 16.2 Å². The Morgan fingerprint density at radius 2 is 1.94 bits per heavy atom. The number of piperidine rings is 1. The van der Waals surface area contributed by atoms with Gasteiger partial charge in [0.15, 0.2) is 5.75 Å². The first-order valence-electron chi connectivity index (χ1n) is 11.5. The molecule has 0 spiro atoms. The molecule has 0 atom stereocenters. The molecular formula is C26H27FN4O4. The number of aryl methyl sites for hydroxylation is 1. The number of likely N-dealkylation sites (tertiary alicyclic amines) is 1. The van der Waals surface area contributed by atoms with Crippen molar-refractivity contribution in [2.75, 3.05) is 13.1 Å². The standard InChI is InChI=1S/C26H27FN4O4/c1-17-6-8-21(26(33)28-15-20-4-2-3-5-22(20)27)25(29-17)19-10-12-30(13-11-19)16-18-7-9-24(32)23(14-18)31(34)35/h2-9,14,19,32H,10-13,15-16H2,1H3,(H,28,33). The molecule has 1 saturated heterocycles. The number of phenols is 1. The van der Waals surface area contributed by atoms with E-state index in [1.807, 2.05) is 6.92 Å². The van der Waals surface area contributed by atoms with Gasteiger partial charge >= 0.3 is 5.69 Å². The minimum Gasteiger partial charge on any atom is -0.502 e. The summed E-state index contributed by atoms with van der Waals surface area (Å²) >= 11 is 0. The molecule has 2 aromatic carbocycles. The molecule has 0 radical (unpaired) electrons. The van der Waals surface area contributed by atoms with Crippen molar-refractivity contribution in [2.24, 2.45) is 0 Å². The topological polar surface area (TPSA) is 109 Å². The Morgan fingerprint density at radius 1 is 1.20 bits per heavy atom. The van der Waals surface area contributed by atoms with Crippen molar-refractivity contribution in [1.29, 1.82) is 0 Å². The van der Waals surface area contributed by atoms with Crippen molar-refractivity contribution < 1.29 is 19.2 Å². The first kappa shape index (κ1) is 24.3. The molecule has 2 heterocycles. The van der Waals surface area contributed by atoms with Gasteiger partial charge in [-0.1, -0.05) is 24.3 Å². The quantitative estimate of drug-likeness (QED) is 0.384. The van der Waals surface area contributed by atoms with E-state index < -0.39 is 4.92 Å². The number of aromatic nitrogens is 1. The molecule has 0 aliphatic carbocycles. The summed E-state index contributed by atoms with van der Waals surface area (Å²) in [6, 6.07) is 14.4. The third kappa shape index (κ3) is 5.81. The van der Waals surface area contributed by atoms with Crippen LogP contribution < -0.4 is 5.32 Å². The number of nitro groups is 1. The van der Waals surface area contributed by atoms with E-state index in [2.05, 4.69) is 15.2 Å². The highest BCUT2D eigenvalue weighted by atomic mass is 19.1. The molecule has 1 fully saturated rings. The van der Waals surface area contributed by atoms with Crippen molar-refractivity contribution in [2.45, 2.75) is 38.8 Å². The molecule has 0 bridgehead atoms. The molecule has 35 heavy (non-hydrogen) atoms. The van der Waals surface area contributed by atoms with Crippen LogP contribution >= 0.6 is 0 Å². The van der Waals surface area contributed by atoms with Crippen molar-refractivity contribution in [3.05, 3.63) is 98.6 Å². The summed E-state index contributed by atoms with van der Waals surface area (Å²) in [5.41, 5.74) is 2.95. The second-order valence-corrected chi connectivity index (χ2v) is 8.79. The fourth-order valence-electron chi connectivity index (χ4n) is 4.43. The number of nitro benzene ring substituents is 1. The van der Waals surface area contributed by atoms with Crippen LogP contribution in [-0.2, 0) is 13.1 Å². The molecule has 3 aromatic rings. The zero-order valence-electron chi connectivity index (χ0n) is 19.4. The highest BCUT2D eigenvalue weighted by Crippen LogP contribution is 2.31. The van der Waals surface area contributed by atoms with E-state index in [0.717, 1.165) is 42.9 Å². The minimum absolute atomic E-state index is 0.0921. The molecule has 0 saturated carbocycles. The summed E-state index contributed by atoms with van der Waals surface area (Å²) in [7, 11) is 0. The fraction of sp³-hybridized carbons (Fsp3) is 0.308. The fourth-order valence-corrected chi connectivity index (χ4v) is 4.43. The van der Waals surface area contributed by atoms with Gasteiger partial charge in [0.2, 0.25) is 0 Å². The third-order valence-electron chi connectivity index (χ3n) is 6.32. The number of carbonyl (C=O) groups excluding carboxylic acids is 1. The second-order valence-electron chi connectivity index (χ2n) is 8.79. The number of carbonyl (C=O) groups is 1. The van der Waals surface area contributed by atoms with Gasteiger partial charge in [0.1, 0.15) is 5.82 Å². The number of benzene rings is 2. The lowest BCUT2D eigenvalue weighted by Gasteiger charge is -2.32. The number of nitrogens with one attached hydrogen (secondary N) is 1. The van der Waals surface area contributed by atoms with Gasteiger partial charge in [-0.15, -0.1) is 0 Å². The largest absolute Gasteiger partial charge is 0.502 e. The zero-order valence-corrected chi connectivity index (χ0v) is 19.4. The summed E-state index contributed by atoms with van der Waals surface area (Å²) in [6.45, 7) is 4.00. The third-order valence-corrected chi connectivity index (χ3v) is 6.32. The first-order chi connectivity index (χ1) is 16.8. The van der Waals surface area contributed by atoms with Crippen LogP contribution in [0, 0.1) is 22.9 Å². The number of amides is 1. The highest BCUT2D eigenvalue weighted by Gasteiger charge is 2.26. The zero-order chi connectivity index (χ0) is 24.9. The maximum atomic E-state index is 13.9. The number of aromatic hydroxyl groups is 1. The van der Waals surface area contributed by atoms with Gasteiger partial charge in [-0.05, 0) is 62.7 Å². The van der Waals surface area contributed by atoms with Gasteiger partial charge in [-0.25, -0.2) is 4.39 Å². The molecule has 1 aliphatic rings. The predicted molar refractivity (Wildman–Crippen MR) is 129 cm³/mol. The Labute approximate surface area is 202 Å². The number of halogens is 1. The van der Waals surface area contributed by atoms with E-state index in [1.165, 1.54) is 18.2 Å². The lowest BCUT2D eigenvalue weighted by Crippen LogP contribution is -2.34. The van der Waals surface area contributed by atoms with Crippen LogP contribution in [0.5, 0.6) is 5.75 Å². The van der Waals surface area contributed by atoms with E-state index in [4.69, 9.17) is 0 Å². The molecule has 1 amide bonds. The van der Waals surface area contributed by atoms with E-state index in [0.29, 0.717) is 17.7 Å². The Kier molecular flexibility index (Phi) is 7.36. The van der Waals surface area contributed by atoms with Gasteiger partial charge in [0.25, 0.3) is 5.91 Å². The van der Waals surface area contributed by atoms with E-state index in [9.17, 15) is 24.4 Å². The van der Waals surface area contributed by atoms with Crippen LogP contribution in [0.3, 0.4) is 0 Å². The number of hydrogen-bond donors (Lipinski definition) is 2. The van der Waals surface area contributed by atoms with E-state index in [-0.39, 0.29) is 35.6 Å². The normalized spacial score (nSPS) is 14.6. The van der Waals surface area contributed by atoms with Crippen LogP contribution in [0.1, 0.15) is 51.6 Å². The first-order valence-corrected chi connectivity index (χ1v) is 11.5. The van der Waals surface area contributed by atoms with Crippen LogP contribution in [0.4, 0.5) is 10.1 Å². The summed E-state index contributed by atoms with van der Waals surface area (Å²) < 4.78 is 13.9. The van der Waals surface area contributed by atoms with Crippen LogP contribution in [0.15, 0.2) is 54.6 Å². The number of rotatable bonds is 7. The summed E-state index contributed by atoms with van der Waals surface area (Å²) in [6.07, 6.45) is 1.56. The van der Waals surface area contributed by atoms with Crippen LogP contribution in [0.2, 0.25) is 0 Å². The predicted octanol–water partition coefficient (Wildman–Crippen LogP) is 4.45. The molecular weight excluding hydrogens is 451 g/mol. The van der Waals surface area contributed by atoms with E-state index >= 15 is 0 Å². The lowest BCUT2D eigenvalue weighted by atomic mass is 9.89. The van der Waals surface area contributed by atoms with Crippen LogP contribution in [0.25, 0.3) is 0 Å². The second kappa shape index (κ2) is 10.6. The Bertz CT molecular complexity index is 1240. The minimum atomic E-state index is -0.590. The van der Waals surface area contributed by atoms with Crippen LogP contribution in [-0.4, -0.2) is 38.9 Å². The molecule has 0 unspecified atom stereocenters. The van der Waals surface area contributed by atoms with E-state index in [1.54, 1.807) is 36.4 Å². The molecule has 9 heteroatoms. The van der Waals surface area contributed by atoms with Crippen molar-refractivity contribution in [3.63, 3.8) is 0 Å². The SMILES string of the molecule is Cc1ccc(C(=O)NCc2ccccc2F)c(C2CCN(Cc3ccc(O)c([N+](=O)[O-])c3)CC2)n1. The lowest BCUT2D eigenvalue weighted by molar-refractivity contribution is -0.385. The number of nitrogens with zero attached hydrogens (tertiary/aromatic N) is 3.